The molecule has 0 atom stereocenters. The van der Waals surface area contributed by atoms with Gasteiger partial charge in [0.15, 0.2) is 5.96 Å². The van der Waals surface area contributed by atoms with Crippen LogP contribution in [0.1, 0.15) is 16.7 Å². The molecule has 1 aromatic heterocycles. The largest absolute Gasteiger partial charge is 0.356 e. The van der Waals surface area contributed by atoms with Gasteiger partial charge >= 0.3 is 0 Å². The smallest absolute Gasteiger partial charge is 0.191 e. The molecule has 1 heterocycles. The number of nitrogens with one attached hydrogen (secondary N) is 2. The normalized spacial score (nSPS) is 11.4. The van der Waals surface area contributed by atoms with Gasteiger partial charge in [0.05, 0.1) is 6.54 Å². The van der Waals surface area contributed by atoms with Crippen molar-refractivity contribution in [1.82, 2.24) is 20.4 Å². The van der Waals surface area contributed by atoms with Crippen molar-refractivity contribution in [2.24, 2.45) is 4.99 Å². The highest BCUT2D eigenvalue weighted by molar-refractivity contribution is 5.79. The Morgan fingerprint density at radius 2 is 1.93 bits per heavy atom. The van der Waals surface area contributed by atoms with Crippen molar-refractivity contribution in [3.63, 3.8) is 0 Å². The summed E-state index contributed by atoms with van der Waals surface area (Å²) in [5.41, 5.74) is 3.06. The van der Waals surface area contributed by atoms with E-state index in [9.17, 15) is 4.39 Å². The number of hydrogen-bond donors (Lipinski definition) is 2. The minimum Gasteiger partial charge on any atom is -0.356 e. The molecule has 0 aliphatic rings. The van der Waals surface area contributed by atoms with Crippen LogP contribution in [0.5, 0.6) is 0 Å². The first-order valence-electron chi connectivity index (χ1n) is 8.98. The molecular formula is C21H24FN5. The van der Waals surface area contributed by atoms with Crippen LogP contribution in [-0.4, -0.2) is 29.3 Å². The number of hydrogen-bond acceptors (Lipinski definition) is 2. The minimum atomic E-state index is -0.170. The van der Waals surface area contributed by atoms with E-state index in [1.165, 1.54) is 11.6 Å². The highest BCUT2D eigenvalue weighted by Crippen LogP contribution is 2.07. The SMILES string of the molecule is CN=C(NCCc1ccccc1F)NCc1cccc(Cn2cccn2)c1. The van der Waals surface area contributed by atoms with Crippen molar-refractivity contribution in [3.8, 4) is 0 Å². The molecule has 0 radical (unpaired) electrons. The second-order valence-electron chi connectivity index (χ2n) is 6.22. The summed E-state index contributed by atoms with van der Waals surface area (Å²) in [6, 6.07) is 17.1. The topological polar surface area (TPSA) is 54.2 Å². The van der Waals surface area contributed by atoms with Crippen LogP contribution in [0.3, 0.4) is 0 Å². The van der Waals surface area contributed by atoms with Crippen LogP contribution in [-0.2, 0) is 19.5 Å². The standard InChI is InChI=1S/C21H24FN5/c1-23-21(24-12-10-19-8-2-3-9-20(19)22)25-15-17-6-4-7-18(14-17)16-27-13-5-11-26-27/h2-9,11,13-14H,10,12,15-16H2,1H3,(H2,23,24,25). The van der Waals surface area contributed by atoms with E-state index in [0.29, 0.717) is 31.0 Å². The Kier molecular flexibility index (Phi) is 6.57. The van der Waals surface area contributed by atoms with E-state index < -0.39 is 0 Å². The lowest BCUT2D eigenvalue weighted by Gasteiger charge is -2.13. The van der Waals surface area contributed by atoms with E-state index >= 15 is 0 Å². The van der Waals surface area contributed by atoms with Crippen LogP contribution in [0, 0.1) is 5.82 Å². The third kappa shape index (κ3) is 5.67. The lowest BCUT2D eigenvalue weighted by Crippen LogP contribution is -2.37. The van der Waals surface area contributed by atoms with Gasteiger partial charge in [-0.05, 0) is 35.2 Å². The first-order chi connectivity index (χ1) is 13.2. The van der Waals surface area contributed by atoms with Gasteiger partial charge in [0, 0.05) is 32.5 Å². The molecular weight excluding hydrogens is 341 g/mol. The quantitative estimate of drug-likeness (QED) is 0.500. The van der Waals surface area contributed by atoms with Crippen LogP contribution in [0.25, 0.3) is 0 Å². The molecule has 0 bridgehead atoms. The van der Waals surface area contributed by atoms with Gasteiger partial charge in [-0.15, -0.1) is 0 Å². The Labute approximate surface area is 159 Å². The predicted molar refractivity (Wildman–Crippen MR) is 106 cm³/mol. The van der Waals surface area contributed by atoms with E-state index in [1.54, 1.807) is 25.4 Å². The fraction of sp³-hybridized carbons (Fsp3) is 0.238. The van der Waals surface area contributed by atoms with Crippen LogP contribution in [0.4, 0.5) is 4.39 Å². The van der Waals surface area contributed by atoms with Gasteiger partial charge in [-0.2, -0.15) is 5.10 Å². The Bertz CT molecular complexity index is 874. The summed E-state index contributed by atoms with van der Waals surface area (Å²) in [7, 11) is 1.73. The lowest BCUT2D eigenvalue weighted by atomic mass is 10.1. The Balaban J connectivity index is 1.48. The molecule has 0 spiro atoms. The second kappa shape index (κ2) is 9.52. The molecule has 3 aromatic rings. The van der Waals surface area contributed by atoms with Gasteiger partial charge in [-0.25, -0.2) is 4.39 Å². The summed E-state index contributed by atoms with van der Waals surface area (Å²) < 4.78 is 15.6. The highest BCUT2D eigenvalue weighted by atomic mass is 19.1. The summed E-state index contributed by atoms with van der Waals surface area (Å²) in [6.07, 6.45) is 4.33. The zero-order valence-electron chi connectivity index (χ0n) is 15.4. The average Bonchev–Trinajstić information content (AvgIpc) is 3.19. The summed E-state index contributed by atoms with van der Waals surface area (Å²) in [5.74, 6) is 0.528. The number of aromatic nitrogens is 2. The minimum absolute atomic E-state index is 0.170. The molecule has 27 heavy (non-hydrogen) atoms. The van der Waals surface area contributed by atoms with E-state index in [1.807, 2.05) is 29.1 Å². The molecule has 6 heteroatoms. The van der Waals surface area contributed by atoms with Gasteiger partial charge in [0.1, 0.15) is 5.82 Å². The van der Waals surface area contributed by atoms with E-state index in [2.05, 4.69) is 38.9 Å². The summed E-state index contributed by atoms with van der Waals surface area (Å²) in [4.78, 5) is 4.23. The van der Waals surface area contributed by atoms with E-state index in [-0.39, 0.29) is 5.82 Å². The Hall–Kier alpha value is -3.15. The van der Waals surface area contributed by atoms with Crippen LogP contribution in [0.15, 0.2) is 72.0 Å². The number of nitrogens with zero attached hydrogens (tertiary/aromatic N) is 3. The molecule has 0 amide bonds. The maximum Gasteiger partial charge on any atom is 0.191 e. The zero-order valence-corrected chi connectivity index (χ0v) is 15.4. The Morgan fingerprint density at radius 1 is 1.07 bits per heavy atom. The molecule has 0 saturated carbocycles. The number of aliphatic imine (C=N–C) groups is 1. The summed E-state index contributed by atoms with van der Waals surface area (Å²) in [5, 5.41) is 10.8. The monoisotopic (exact) mass is 365 g/mol. The van der Waals surface area contributed by atoms with Crippen molar-refractivity contribution in [2.45, 2.75) is 19.5 Å². The zero-order chi connectivity index (χ0) is 18.9. The first kappa shape index (κ1) is 18.6. The number of guanidine groups is 1. The number of halogens is 1. The fourth-order valence-corrected chi connectivity index (χ4v) is 2.84. The first-order valence-corrected chi connectivity index (χ1v) is 8.98. The van der Waals surface area contributed by atoms with Crippen molar-refractivity contribution in [2.75, 3.05) is 13.6 Å². The molecule has 0 aliphatic heterocycles. The van der Waals surface area contributed by atoms with E-state index in [4.69, 9.17) is 0 Å². The Morgan fingerprint density at radius 3 is 2.70 bits per heavy atom. The molecule has 140 valence electrons. The van der Waals surface area contributed by atoms with Gasteiger partial charge in [0.25, 0.3) is 0 Å². The maximum atomic E-state index is 13.7. The molecule has 0 saturated heterocycles. The van der Waals surface area contributed by atoms with Gasteiger partial charge < -0.3 is 10.6 Å². The molecule has 0 fully saturated rings. The van der Waals surface area contributed by atoms with Crippen molar-refractivity contribution < 1.29 is 4.39 Å². The third-order valence-electron chi connectivity index (χ3n) is 4.22. The molecule has 5 nitrogen and oxygen atoms in total. The third-order valence-corrected chi connectivity index (χ3v) is 4.22. The van der Waals surface area contributed by atoms with E-state index in [0.717, 1.165) is 12.1 Å². The summed E-state index contributed by atoms with van der Waals surface area (Å²) in [6.45, 7) is 2.02. The van der Waals surface area contributed by atoms with Crippen LogP contribution >= 0.6 is 0 Å². The summed E-state index contributed by atoms with van der Waals surface area (Å²) >= 11 is 0. The number of rotatable bonds is 7. The molecule has 3 rings (SSSR count). The van der Waals surface area contributed by atoms with Crippen molar-refractivity contribution in [1.29, 1.82) is 0 Å². The van der Waals surface area contributed by atoms with Crippen molar-refractivity contribution in [3.05, 3.63) is 89.5 Å². The fourth-order valence-electron chi connectivity index (χ4n) is 2.84. The van der Waals surface area contributed by atoms with Gasteiger partial charge in [0.2, 0.25) is 0 Å². The second-order valence-corrected chi connectivity index (χ2v) is 6.22. The van der Waals surface area contributed by atoms with Crippen molar-refractivity contribution >= 4 is 5.96 Å². The van der Waals surface area contributed by atoms with Crippen LogP contribution < -0.4 is 10.6 Å². The highest BCUT2D eigenvalue weighted by Gasteiger charge is 2.03. The predicted octanol–water partition coefficient (Wildman–Crippen LogP) is 2.98. The average molecular weight is 365 g/mol. The van der Waals surface area contributed by atoms with Gasteiger partial charge in [-0.3, -0.25) is 9.67 Å². The maximum absolute atomic E-state index is 13.7. The number of benzene rings is 2. The molecule has 0 aliphatic carbocycles. The molecule has 0 unspecified atom stereocenters. The molecule has 2 N–H and O–H groups in total. The van der Waals surface area contributed by atoms with Crippen LogP contribution in [0.2, 0.25) is 0 Å². The molecule has 2 aromatic carbocycles. The lowest BCUT2D eigenvalue weighted by molar-refractivity contribution is 0.606. The van der Waals surface area contributed by atoms with Gasteiger partial charge in [-0.1, -0.05) is 42.5 Å².